The number of benzene rings is 1. The summed E-state index contributed by atoms with van der Waals surface area (Å²) >= 11 is 0. The van der Waals surface area contributed by atoms with E-state index in [0.717, 1.165) is 18.7 Å². The first-order chi connectivity index (χ1) is 7.72. The van der Waals surface area contributed by atoms with Crippen LogP contribution in [0.2, 0.25) is 0 Å². The molecule has 1 aromatic rings. The topological polar surface area (TPSA) is 33.3 Å². The number of hydrogen-bond donors (Lipinski definition) is 2. The molecule has 0 aliphatic heterocycles. The third-order valence-corrected chi connectivity index (χ3v) is 2.79. The molecule has 90 valence electrons. The van der Waals surface area contributed by atoms with E-state index in [2.05, 4.69) is 29.7 Å². The molecule has 3 nitrogen and oxygen atoms in total. The fourth-order valence-corrected chi connectivity index (χ4v) is 1.87. The molecule has 0 aromatic heterocycles. The Morgan fingerprint density at radius 3 is 2.62 bits per heavy atom. The van der Waals surface area contributed by atoms with Gasteiger partial charge in [-0.15, -0.1) is 0 Å². The number of ether oxygens (including phenoxy) is 1. The van der Waals surface area contributed by atoms with Crippen LogP contribution in [-0.4, -0.2) is 27.7 Å². The van der Waals surface area contributed by atoms with Crippen molar-refractivity contribution in [3.63, 3.8) is 0 Å². The summed E-state index contributed by atoms with van der Waals surface area (Å²) in [5, 5.41) is 6.51. The first-order valence-electron chi connectivity index (χ1n) is 5.69. The minimum atomic E-state index is 0.335. The molecule has 0 saturated carbocycles. The van der Waals surface area contributed by atoms with Gasteiger partial charge in [0.05, 0.1) is 7.11 Å². The lowest BCUT2D eigenvalue weighted by Gasteiger charge is -2.19. The highest BCUT2D eigenvalue weighted by atomic mass is 16.5. The van der Waals surface area contributed by atoms with Gasteiger partial charge >= 0.3 is 0 Å². The van der Waals surface area contributed by atoms with Gasteiger partial charge in [-0.05, 0) is 40.1 Å². The Hall–Kier alpha value is -1.06. The smallest absolute Gasteiger partial charge is 0.123 e. The molecule has 1 unspecified atom stereocenters. The molecular formula is C13H22N2O. The zero-order chi connectivity index (χ0) is 12.0. The van der Waals surface area contributed by atoms with Gasteiger partial charge in [-0.3, -0.25) is 0 Å². The van der Waals surface area contributed by atoms with E-state index in [1.165, 1.54) is 11.1 Å². The number of nitrogens with one attached hydrogen (secondary N) is 2. The predicted octanol–water partition coefficient (Wildman–Crippen LogP) is 1.87. The SMILES string of the molecule is CNCCC(NC)c1cc(C)ccc1OC. The second-order valence-electron chi connectivity index (χ2n) is 3.98. The normalized spacial score (nSPS) is 12.5. The molecule has 1 atom stereocenters. The van der Waals surface area contributed by atoms with Crippen LogP contribution in [0.1, 0.15) is 23.6 Å². The monoisotopic (exact) mass is 222 g/mol. The highest BCUT2D eigenvalue weighted by molar-refractivity contribution is 5.39. The Labute approximate surface area is 98.2 Å². The van der Waals surface area contributed by atoms with E-state index in [9.17, 15) is 0 Å². The van der Waals surface area contributed by atoms with Crippen LogP contribution >= 0.6 is 0 Å². The molecule has 0 saturated heterocycles. The van der Waals surface area contributed by atoms with Crippen molar-refractivity contribution >= 4 is 0 Å². The number of methoxy groups -OCH3 is 1. The standard InChI is InChI=1S/C13H22N2O/c1-10-5-6-13(16-4)11(9-10)12(15-3)7-8-14-2/h5-6,9,12,14-15H,7-8H2,1-4H3. The molecule has 16 heavy (non-hydrogen) atoms. The molecule has 1 rings (SSSR count). The van der Waals surface area contributed by atoms with E-state index < -0.39 is 0 Å². The summed E-state index contributed by atoms with van der Waals surface area (Å²) in [7, 11) is 5.68. The average Bonchev–Trinajstić information content (AvgIpc) is 2.30. The van der Waals surface area contributed by atoms with Gasteiger partial charge in [0.2, 0.25) is 0 Å². The summed E-state index contributed by atoms with van der Waals surface area (Å²) in [6.07, 6.45) is 1.05. The van der Waals surface area contributed by atoms with Gasteiger partial charge in [-0.25, -0.2) is 0 Å². The van der Waals surface area contributed by atoms with Gasteiger partial charge in [0, 0.05) is 11.6 Å². The van der Waals surface area contributed by atoms with E-state index in [1.54, 1.807) is 7.11 Å². The Morgan fingerprint density at radius 2 is 2.06 bits per heavy atom. The lowest BCUT2D eigenvalue weighted by atomic mass is 10.0. The van der Waals surface area contributed by atoms with Crippen LogP contribution in [0.5, 0.6) is 5.75 Å². The van der Waals surface area contributed by atoms with E-state index in [1.807, 2.05) is 20.2 Å². The highest BCUT2D eigenvalue weighted by Gasteiger charge is 2.13. The summed E-state index contributed by atoms with van der Waals surface area (Å²) in [5.74, 6) is 0.959. The van der Waals surface area contributed by atoms with Crippen molar-refractivity contribution in [3.8, 4) is 5.75 Å². The summed E-state index contributed by atoms with van der Waals surface area (Å²) in [6, 6.07) is 6.64. The summed E-state index contributed by atoms with van der Waals surface area (Å²) in [5.41, 5.74) is 2.50. The maximum Gasteiger partial charge on any atom is 0.123 e. The highest BCUT2D eigenvalue weighted by Crippen LogP contribution is 2.27. The van der Waals surface area contributed by atoms with E-state index >= 15 is 0 Å². The summed E-state index contributed by atoms with van der Waals surface area (Å²) in [6.45, 7) is 3.09. The third kappa shape index (κ3) is 3.22. The molecule has 0 fully saturated rings. The molecule has 0 aliphatic rings. The first-order valence-corrected chi connectivity index (χ1v) is 5.69. The van der Waals surface area contributed by atoms with Gasteiger partial charge in [0.15, 0.2) is 0 Å². The van der Waals surface area contributed by atoms with Crippen molar-refractivity contribution in [1.82, 2.24) is 10.6 Å². The minimum Gasteiger partial charge on any atom is -0.496 e. The lowest BCUT2D eigenvalue weighted by Crippen LogP contribution is -2.22. The fourth-order valence-electron chi connectivity index (χ4n) is 1.87. The van der Waals surface area contributed by atoms with Crippen LogP contribution < -0.4 is 15.4 Å². The number of hydrogen-bond acceptors (Lipinski definition) is 3. The van der Waals surface area contributed by atoms with Gasteiger partial charge in [0.25, 0.3) is 0 Å². The zero-order valence-corrected chi connectivity index (χ0v) is 10.6. The maximum atomic E-state index is 5.40. The molecule has 0 radical (unpaired) electrons. The molecular weight excluding hydrogens is 200 g/mol. The molecule has 2 N–H and O–H groups in total. The van der Waals surface area contributed by atoms with Crippen LogP contribution in [0.25, 0.3) is 0 Å². The van der Waals surface area contributed by atoms with Crippen molar-refractivity contribution in [2.75, 3.05) is 27.7 Å². The van der Waals surface area contributed by atoms with Crippen molar-refractivity contribution in [3.05, 3.63) is 29.3 Å². The van der Waals surface area contributed by atoms with Gasteiger partial charge < -0.3 is 15.4 Å². The van der Waals surface area contributed by atoms with Crippen LogP contribution in [-0.2, 0) is 0 Å². The molecule has 0 aliphatic carbocycles. The van der Waals surface area contributed by atoms with Crippen LogP contribution in [0.15, 0.2) is 18.2 Å². The average molecular weight is 222 g/mol. The van der Waals surface area contributed by atoms with Gasteiger partial charge in [-0.1, -0.05) is 17.7 Å². The largest absolute Gasteiger partial charge is 0.496 e. The molecule has 0 amide bonds. The predicted molar refractivity (Wildman–Crippen MR) is 68.1 cm³/mol. The Morgan fingerprint density at radius 1 is 1.31 bits per heavy atom. The summed E-state index contributed by atoms with van der Waals surface area (Å²) in [4.78, 5) is 0. The number of aryl methyl sites for hydroxylation is 1. The molecule has 1 aromatic carbocycles. The summed E-state index contributed by atoms with van der Waals surface area (Å²) < 4.78 is 5.40. The Balaban J connectivity index is 2.92. The molecule has 0 bridgehead atoms. The molecule has 3 heteroatoms. The van der Waals surface area contributed by atoms with Crippen molar-refractivity contribution in [2.24, 2.45) is 0 Å². The fraction of sp³-hybridized carbons (Fsp3) is 0.538. The van der Waals surface area contributed by atoms with Crippen molar-refractivity contribution in [1.29, 1.82) is 0 Å². The van der Waals surface area contributed by atoms with E-state index in [4.69, 9.17) is 4.74 Å². The third-order valence-electron chi connectivity index (χ3n) is 2.79. The first kappa shape index (κ1) is 13.0. The number of rotatable bonds is 6. The van der Waals surface area contributed by atoms with Crippen molar-refractivity contribution in [2.45, 2.75) is 19.4 Å². The Kier molecular flexibility index (Phi) is 5.29. The second kappa shape index (κ2) is 6.51. The zero-order valence-electron chi connectivity index (χ0n) is 10.6. The second-order valence-corrected chi connectivity index (χ2v) is 3.98. The molecule has 0 spiro atoms. The van der Waals surface area contributed by atoms with E-state index in [0.29, 0.717) is 6.04 Å². The minimum absolute atomic E-state index is 0.335. The van der Waals surface area contributed by atoms with E-state index in [-0.39, 0.29) is 0 Å². The van der Waals surface area contributed by atoms with Gasteiger partial charge in [0.1, 0.15) is 5.75 Å². The van der Waals surface area contributed by atoms with Crippen LogP contribution in [0, 0.1) is 6.92 Å². The van der Waals surface area contributed by atoms with Gasteiger partial charge in [-0.2, -0.15) is 0 Å². The van der Waals surface area contributed by atoms with Crippen molar-refractivity contribution < 1.29 is 4.74 Å². The van der Waals surface area contributed by atoms with Crippen LogP contribution in [0.3, 0.4) is 0 Å². The quantitative estimate of drug-likeness (QED) is 0.771. The lowest BCUT2D eigenvalue weighted by molar-refractivity contribution is 0.398. The Bertz CT molecular complexity index is 326. The molecule has 0 heterocycles. The maximum absolute atomic E-state index is 5.40. The van der Waals surface area contributed by atoms with Crippen LogP contribution in [0.4, 0.5) is 0 Å².